The number of benzene rings is 1. The van der Waals surface area contributed by atoms with E-state index in [0.29, 0.717) is 0 Å². The Morgan fingerprint density at radius 1 is 1.16 bits per heavy atom. The lowest BCUT2D eigenvalue weighted by molar-refractivity contribution is -0.115. The first-order chi connectivity index (χ1) is 9.15. The van der Waals surface area contributed by atoms with Gasteiger partial charge in [-0.1, -0.05) is 30.3 Å². The summed E-state index contributed by atoms with van der Waals surface area (Å²) in [5, 5.41) is 11.4. The quantitative estimate of drug-likeness (QED) is 0.876. The lowest BCUT2D eigenvalue weighted by atomic mass is 10.1. The summed E-state index contributed by atoms with van der Waals surface area (Å²) in [5.74, 6) is -1.05. The lowest BCUT2D eigenvalue weighted by Gasteiger charge is -2.05. The van der Waals surface area contributed by atoms with E-state index >= 15 is 0 Å². The summed E-state index contributed by atoms with van der Waals surface area (Å²) in [5.41, 5.74) is 0.972. The van der Waals surface area contributed by atoms with Crippen molar-refractivity contribution in [2.45, 2.75) is 6.42 Å². The average Bonchev–Trinajstić information content (AvgIpc) is 2.40. The van der Waals surface area contributed by atoms with E-state index in [1.807, 2.05) is 30.3 Å². The first-order valence-corrected chi connectivity index (χ1v) is 5.68. The van der Waals surface area contributed by atoms with Gasteiger partial charge in [0.1, 0.15) is 5.82 Å². The zero-order valence-electron chi connectivity index (χ0n) is 10.0. The molecule has 1 heterocycles. The van der Waals surface area contributed by atoms with Crippen LogP contribution >= 0.6 is 0 Å². The van der Waals surface area contributed by atoms with Gasteiger partial charge in [-0.15, -0.1) is 0 Å². The van der Waals surface area contributed by atoms with Crippen LogP contribution in [0.2, 0.25) is 0 Å². The van der Waals surface area contributed by atoms with Gasteiger partial charge < -0.3 is 10.4 Å². The van der Waals surface area contributed by atoms with Gasteiger partial charge in [0.25, 0.3) is 0 Å². The number of aromatic carboxylic acids is 1. The molecule has 0 aliphatic heterocycles. The van der Waals surface area contributed by atoms with Crippen LogP contribution in [-0.4, -0.2) is 22.0 Å². The van der Waals surface area contributed by atoms with E-state index in [-0.39, 0.29) is 23.7 Å². The lowest BCUT2D eigenvalue weighted by Crippen LogP contribution is -2.15. The number of amides is 1. The fourth-order valence-electron chi connectivity index (χ4n) is 1.60. The second kappa shape index (κ2) is 5.77. The monoisotopic (exact) mass is 256 g/mol. The first-order valence-electron chi connectivity index (χ1n) is 5.68. The number of aromatic nitrogens is 1. The van der Waals surface area contributed by atoms with E-state index in [1.165, 1.54) is 18.3 Å². The molecule has 1 aromatic carbocycles. The topological polar surface area (TPSA) is 79.3 Å². The van der Waals surface area contributed by atoms with E-state index < -0.39 is 5.97 Å². The predicted molar refractivity (Wildman–Crippen MR) is 70.0 cm³/mol. The Kier molecular flexibility index (Phi) is 3.87. The van der Waals surface area contributed by atoms with Crippen molar-refractivity contribution in [3.8, 4) is 0 Å². The number of nitrogens with zero attached hydrogens (tertiary/aromatic N) is 1. The molecule has 0 aliphatic rings. The largest absolute Gasteiger partial charge is 0.478 e. The zero-order valence-corrected chi connectivity index (χ0v) is 10.0. The molecule has 0 bridgehead atoms. The molecule has 2 rings (SSSR count). The second-order valence-electron chi connectivity index (χ2n) is 3.95. The van der Waals surface area contributed by atoms with Crippen molar-refractivity contribution < 1.29 is 14.7 Å². The van der Waals surface area contributed by atoms with Crippen molar-refractivity contribution in [3.05, 3.63) is 59.8 Å². The summed E-state index contributed by atoms with van der Waals surface area (Å²) in [4.78, 5) is 26.5. The van der Waals surface area contributed by atoms with Gasteiger partial charge in [0.05, 0.1) is 12.0 Å². The Morgan fingerprint density at radius 3 is 2.58 bits per heavy atom. The molecular weight excluding hydrogens is 244 g/mol. The summed E-state index contributed by atoms with van der Waals surface area (Å²) in [7, 11) is 0. The summed E-state index contributed by atoms with van der Waals surface area (Å²) in [6.07, 6.45) is 1.57. The summed E-state index contributed by atoms with van der Waals surface area (Å²) >= 11 is 0. The first kappa shape index (κ1) is 12.8. The van der Waals surface area contributed by atoms with Crippen LogP contribution in [0.5, 0.6) is 0 Å². The van der Waals surface area contributed by atoms with E-state index in [0.717, 1.165) is 5.56 Å². The maximum absolute atomic E-state index is 11.8. The molecule has 96 valence electrons. The van der Waals surface area contributed by atoms with E-state index in [4.69, 9.17) is 5.11 Å². The van der Waals surface area contributed by atoms with Gasteiger partial charge in [-0.2, -0.15) is 0 Å². The number of carboxylic acids is 1. The Labute approximate surface area is 109 Å². The molecular formula is C14H12N2O3. The van der Waals surface area contributed by atoms with Gasteiger partial charge in [-0.3, -0.25) is 4.79 Å². The van der Waals surface area contributed by atoms with Crippen LogP contribution in [-0.2, 0) is 11.2 Å². The molecule has 0 radical (unpaired) electrons. The molecule has 5 heteroatoms. The highest BCUT2D eigenvalue weighted by atomic mass is 16.4. The van der Waals surface area contributed by atoms with Crippen LogP contribution in [0.15, 0.2) is 48.7 Å². The van der Waals surface area contributed by atoms with Gasteiger partial charge in [0, 0.05) is 6.20 Å². The molecule has 0 unspecified atom stereocenters. The number of nitrogens with one attached hydrogen (secondary N) is 1. The Bertz CT molecular complexity index is 597. The third kappa shape index (κ3) is 3.64. The van der Waals surface area contributed by atoms with E-state index in [1.54, 1.807) is 0 Å². The minimum atomic E-state index is -1.05. The summed E-state index contributed by atoms with van der Waals surface area (Å²) in [6.45, 7) is 0. The zero-order chi connectivity index (χ0) is 13.7. The van der Waals surface area contributed by atoms with Crippen molar-refractivity contribution in [3.63, 3.8) is 0 Å². The number of carboxylic acid groups (broad SMARTS) is 1. The number of pyridine rings is 1. The minimum Gasteiger partial charge on any atom is -0.478 e. The van der Waals surface area contributed by atoms with Gasteiger partial charge in [-0.05, 0) is 17.7 Å². The Morgan fingerprint density at radius 2 is 1.89 bits per heavy atom. The summed E-state index contributed by atoms with van der Waals surface area (Å²) in [6, 6.07) is 12.0. The molecule has 0 fully saturated rings. The van der Waals surface area contributed by atoms with Crippen molar-refractivity contribution in [2.75, 3.05) is 5.32 Å². The predicted octanol–water partition coefficient (Wildman–Crippen LogP) is 1.96. The van der Waals surface area contributed by atoms with E-state index in [2.05, 4.69) is 10.3 Å². The van der Waals surface area contributed by atoms with Crippen LogP contribution in [0.1, 0.15) is 15.9 Å². The Balaban J connectivity index is 2.03. The SMILES string of the molecule is O=C(Cc1ccccc1)Nc1cc(C(=O)O)ccn1. The van der Waals surface area contributed by atoms with Gasteiger partial charge in [0.2, 0.25) is 5.91 Å². The molecule has 0 saturated heterocycles. The van der Waals surface area contributed by atoms with Crippen LogP contribution in [0.3, 0.4) is 0 Å². The van der Waals surface area contributed by atoms with Gasteiger partial charge >= 0.3 is 5.97 Å². The maximum Gasteiger partial charge on any atom is 0.335 e. The molecule has 1 amide bonds. The van der Waals surface area contributed by atoms with Crippen LogP contribution in [0, 0.1) is 0 Å². The molecule has 0 aliphatic carbocycles. The van der Waals surface area contributed by atoms with Crippen molar-refractivity contribution in [2.24, 2.45) is 0 Å². The van der Waals surface area contributed by atoms with Gasteiger partial charge in [-0.25, -0.2) is 9.78 Å². The molecule has 0 spiro atoms. The highest BCUT2D eigenvalue weighted by Gasteiger charge is 2.07. The maximum atomic E-state index is 11.8. The van der Waals surface area contributed by atoms with Crippen LogP contribution in [0.25, 0.3) is 0 Å². The molecule has 0 atom stereocenters. The Hall–Kier alpha value is -2.69. The third-order valence-electron chi connectivity index (χ3n) is 2.48. The van der Waals surface area contributed by atoms with Crippen molar-refractivity contribution >= 4 is 17.7 Å². The van der Waals surface area contributed by atoms with Crippen molar-refractivity contribution in [1.82, 2.24) is 4.98 Å². The van der Waals surface area contributed by atoms with Crippen LogP contribution < -0.4 is 5.32 Å². The molecule has 19 heavy (non-hydrogen) atoms. The van der Waals surface area contributed by atoms with Gasteiger partial charge in [0.15, 0.2) is 0 Å². The molecule has 2 N–H and O–H groups in total. The van der Waals surface area contributed by atoms with Crippen LogP contribution in [0.4, 0.5) is 5.82 Å². The third-order valence-corrected chi connectivity index (χ3v) is 2.48. The summed E-state index contributed by atoms with van der Waals surface area (Å²) < 4.78 is 0. The molecule has 2 aromatic rings. The highest BCUT2D eigenvalue weighted by Crippen LogP contribution is 2.08. The normalized spacial score (nSPS) is 9.89. The smallest absolute Gasteiger partial charge is 0.335 e. The van der Waals surface area contributed by atoms with Crippen molar-refractivity contribution in [1.29, 1.82) is 0 Å². The number of hydrogen-bond donors (Lipinski definition) is 2. The number of hydrogen-bond acceptors (Lipinski definition) is 3. The molecule has 0 saturated carbocycles. The highest BCUT2D eigenvalue weighted by molar-refractivity contribution is 5.93. The fourth-order valence-corrected chi connectivity index (χ4v) is 1.60. The number of carbonyl (C=O) groups is 2. The standard InChI is InChI=1S/C14H12N2O3/c17-13(8-10-4-2-1-3-5-10)16-12-9-11(14(18)19)6-7-15-12/h1-7,9H,8H2,(H,18,19)(H,15,16,17). The number of rotatable bonds is 4. The minimum absolute atomic E-state index is 0.0880. The molecule has 5 nitrogen and oxygen atoms in total. The fraction of sp³-hybridized carbons (Fsp3) is 0.0714. The van der Waals surface area contributed by atoms with E-state index in [9.17, 15) is 9.59 Å². The molecule has 1 aromatic heterocycles. The number of carbonyl (C=O) groups excluding carboxylic acids is 1. The second-order valence-corrected chi connectivity index (χ2v) is 3.95. The number of anilines is 1. The average molecular weight is 256 g/mol.